The van der Waals surface area contributed by atoms with Crippen LogP contribution in [0.25, 0.3) is 11.3 Å². The molecule has 0 fully saturated rings. The summed E-state index contributed by atoms with van der Waals surface area (Å²) in [6.07, 6.45) is 0. The summed E-state index contributed by atoms with van der Waals surface area (Å²) in [5.74, 6) is 0. The highest BCUT2D eigenvalue weighted by Gasteiger charge is 2.22. The van der Waals surface area contributed by atoms with Gasteiger partial charge in [-0.3, -0.25) is 0 Å². The summed E-state index contributed by atoms with van der Waals surface area (Å²) in [7, 11) is -3.87. The van der Waals surface area contributed by atoms with Crippen LogP contribution in [0, 0.1) is 11.3 Å². The lowest BCUT2D eigenvalue weighted by Crippen LogP contribution is -2.25. The molecule has 0 bridgehead atoms. The van der Waals surface area contributed by atoms with Crippen LogP contribution in [0.4, 0.5) is 0 Å². The fraction of sp³-hybridized carbons (Fsp3) is 0. The Hall–Kier alpha value is -2.82. The zero-order valence-corrected chi connectivity index (χ0v) is 13.8. The van der Waals surface area contributed by atoms with E-state index in [0.717, 1.165) is 4.79 Å². The molecule has 0 unspecified atom stereocenters. The summed E-state index contributed by atoms with van der Waals surface area (Å²) < 4.78 is 25.0. The molecule has 0 atom stereocenters. The number of aromatic nitrogens is 2. The van der Waals surface area contributed by atoms with Gasteiger partial charge in [0.2, 0.25) is 0 Å². The minimum absolute atomic E-state index is 0.0636. The smallest absolute Gasteiger partial charge is 0.200 e. The zero-order valence-electron chi connectivity index (χ0n) is 12.2. The van der Waals surface area contributed by atoms with Gasteiger partial charge in [-0.25, -0.2) is 0 Å². The number of benzene rings is 2. The zero-order chi connectivity index (χ0) is 17.2. The third-order valence-corrected chi connectivity index (χ3v) is 4.90. The van der Waals surface area contributed by atoms with Crippen LogP contribution in [-0.2, 0) is 10.0 Å². The Balaban J connectivity index is 2.11. The molecule has 0 saturated carbocycles. The van der Waals surface area contributed by atoms with Crippen LogP contribution in [0.15, 0.2) is 65.6 Å². The Kier molecular flexibility index (Phi) is 4.25. The third kappa shape index (κ3) is 2.97. The second-order valence-corrected chi connectivity index (χ2v) is 6.85. The summed E-state index contributed by atoms with van der Waals surface area (Å²) in [5.41, 5.74) is 0.867. The molecule has 1 heterocycles. The molecule has 0 amide bonds. The number of nitriles is 1. The van der Waals surface area contributed by atoms with Crippen molar-refractivity contribution in [1.82, 2.24) is 9.89 Å². The fourth-order valence-corrected chi connectivity index (χ4v) is 3.40. The monoisotopic (exact) mass is 358 g/mol. The topological polar surface area (TPSA) is 87.8 Å². The van der Waals surface area contributed by atoms with E-state index in [-0.39, 0.29) is 15.6 Å². The summed E-state index contributed by atoms with van der Waals surface area (Å²) >= 11 is 6.20. The van der Waals surface area contributed by atoms with Gasteiger partial charge >= 0.3 is 0 Å². The number of sulfonamides is 1. The van der Waals surface area contributed by atoms with Gasteiger partial charge in [0, 0.05) is 5.56 Å². The molecule has 1 aromatic heterocycles. The standard InChI is InChI=1S/C16H11ClN4O2S/c17-15-14(11-18)19-21(16(15)12-7-3-1-4-8-12)20-24(22,23)13-9-5-2-6-10-13/h1-10,20H. The maximum Gasteiger partial charge on any atom is 0.276 e. The van der Waals surface area contributed by atoms with Crippen LogP contribution in [0.5, 0.6) is 0 Å². The minimum atomic E-state index is -3.87. The first-order valence-electron chi connectivity index (χ1n) is 6.85. The van der Waals surface area contributed by atoms with Crippen LogP contribution >= 0.6 is 11.6 Å². The van der Waals surface area contributed by atoms with Gasteiger partial charge in [-0.1, -0.05) is 60.1 Å². The first-order chi connectivity index (χ1) is 11.5. The molecule has 0 spiro atoms. The minimum Gasteiger partial charge on any atom is -0.200 e. The van der Waals surface area contributed by atoms with Crippen molar-refractivity contribution in [3.05, 3.63) is 71.4 Å². The molecule has 3 rings (SSSR count). The lowest BCUT2D eigenvalue weighted by atomic mass is 10.1. The largest absolute Gasteiger partial charge is 0.276 e. The van der Waals surface area contributed by atoms with Crippen molar-refractivity contribution in [1.29, 1.82) is 5.26 Å². The summed E-state index contributed by atoms with van der Waals surface area (Å²) in [5, 5.41) is 13.2. The van der Waals surface area contributed by atoms with E-state index in [0.29, 0.717) is 11.3 Å². The maximum atomic E-state index is 12.5. The van der Waals surface area contributed by atoms with Gasteiger partial charge in [-0.15, -0.1) is 5.10 Å². The number of hydrogen-bond acceptors (Lipinski definition) is 4. The molecule has 2 aromatic carbocycles. The highest BCUT2D eigenvalue weighted by atomic mass is 35.5. The summed E-state index contributed by atoms with van der Waals surface area (Å²) in [4.78, 5) is 3.43. The summed E-state index contributed by atoms with van der Waals surface area (Å²) in [6, 6.07) is 18.6. The van der Waals surface area contributed by atoms with Gasteiger partial charge < -0.3 is 0 Å². The molecule has 8 heteroatoms. The van der Waals surface area contributed by atoms with E-state index in [1.165, 1.54) is 12.1 Å². The lowest BCUT2D eigenvalue weighted by Gasteiger charge is -2.11. The quantitative estimate of drug-likeness (QED) is 0.776. The van der Waals surface area contributed by atoms with Crippen LogP contribution < -0.4 is 4.83 Å². The van der Waals surface area contributed by atoms with Crippen molar-refractivity contribution < 1.29 is 8.42 Å². The normalized spacial score (nSPS) is 11.0. The molecule has 0 aliphatic heterocycles. The average Bonchev–Trinajstić information content (AvgIpc) is 2.91. The van der Waals surface area contributed by atoms with Crippen molar-refractivity contribution in [3.63, 3.8) is 0 Å². The number of hydrogen-bond donors (Lipinski definition) is 1. The predicted octanol–water partition coefficient (Wildman–Crippen LogP) is 3.01. The van der Waals surface area contributed by atoms with Crippen molar-refractivity contribution in [2.45, 2.75) is 4.90 Å². The molecule has 24 heavy (non-hydrogen) atoms. The lowest BCUT2D eigenvalue weighted by molar-refractivity contribution is 0.592. The number of nitrogens with one attached hydrogen (secondary N) is 1. The first-order valence-corrected chi connectivity index (χ1v) is 8.71. The number of nitrogens with zero attached hydrogens (tertiary/aromatic N) is 3. The van der Waals surface area contributed by atoms with Gasteiger partial charge in [-0.05, 0) is 12.1 Å². The second kappa shape index (κ2) is 6.35. The van der Waals surface area contributed by atoms with Gasteiger partial charge in [-0.2, -0.15) is 23.3 Å². The van der Waals surface area contributed by atoms with E-state index in [1.54, 1.807) is 42.5 Å². The Morgan fingerprint density at radius 2 is 1.62 bits per heavy atom. The highest BCUT2D eigenvalue weighted by Crippen LogP contribution is 2.30. The first kappa shape index (κ1) is 16.1. The van der Waals surface area contributed by atoms with E-state index in [1.807, 2.05) is 12.1 Å². The number of halogens is 1. The molecule has 0 aliphatic rings. The summed E-state index contributed by atoms with van der Waals surface area (Å²) in [6.45, 7) is 0. The predicted molar refractivity (Wildman–Crippen MR) is 90.4 cm³/mol. The van der Waals surface area contributed by atoms with Crippen molar-refractivity contribution in [2.75, 3.05) is 4.83 Å². The van der Waals surface area contributed by atoms with E-state index in [2.05, 4.69) is 9.93 Å². The molecular weight excluding hydrogens is 348 g/mol. The molecule has 1 N–H and O–H groups in total. The molecular formula is C16H11ClN4O2S. The fourth-order valence-electron chi connectivity index (χ4n) is 2.15. The van der Waals surface area contributed by atoms with Crippen LogP contribution in [0.2, 0.25) is 5.02 Å². The van der Waals surface area contributed by atoms with Crippen LogP contribution in [-0.4, -0.2) is 18.3 Å². The van der Waals surface area contributed by atoms with Crippen LogP contribution in [0.1, 0.15) is 5.69 Å². The average molecular weight is 359 g/mol. The van der Waals surface area contributed by atoms with Crippen molar-refractivity contribution in [2.24, 2.45) is 0 Å². The van der Waals surface area contributed by atoms with E-state index in [9.17, 15) is 8.42 Å². The van der Waals surface area contributed by atoms with Gasteiger partial charge in [0.15, 0.2) is 5.69 Å². The van der Waals surface area contributed by atoms with Gasteiger partial charge in [0.25, 0.3) is 10.0 Å². The highest BCUT2D eigenvalue weighted by molar-refractivity contribution is 7.92. The Labute approximate surface area is 143 Å². The Morgan fingerprint density at radius 1 is 1.04 bits per heavy atom. The second-order valence-electron chi connectivity index (χ2n) is 4.81. The van der Waals surface area contributed by atoms with E-state index in [4.69, 9.17) is 16.9 Å². The van der Waals surface area contributed by atoms with Crippen LogP contribution in [0.3, 0.4) is 0 Å². The Morgan fingerprint density at radius 3 is 2.21 bits per heavy atom. The third-order valence-electron chi connectivity index (χ3n) is 3.24. The van der Waals surface area contributed by atoms with Crippen molar-refractivity contribution in [3.8, 4) is 17.3 Å². The molecule has 120 valence electrons. The van der Waals surface area contributed by atoms with Gasteiger partial charge in [0.05, 0.1) is 4.90 Å². The molecule has 0 aliphatic carbocycles. The Bertz CT molecular complexity index is 1010. The molecule has 6 nitrogen and oxygen atoms in total. The van der Waals surface area contributed by atoms with Crippen molar-refractivity contribution >= 4 is 21.6 Å². The number of rotatable bonds is 4. The maximum absolute atomic E-state index is 12.5. The van der Waals surface area contributed by atoms with E-state index >= 15 is 0 Å². The molecule has 0 radical (unpaired) electrons. The molecule has 3 aromatic rings. The molecule has 0 saturated heterocycles. The SMILES string of the molecule is N#Cc1nn(NS(=O)(=O)c2ccccc2)c(-c2ccccc2)c1Cl. The van der Waals surface area contributed by atoms with E-state index < -0.39 is 10.0 Å². The van der Waals surface area contributed by atoms with Gasteiger partial charge in [0.1, 0.15) is 16.8 Å².